The van der Waals surface area contributed by atoms with E-state index in [0.29, 0.717) is 45.4 Å². The number of anilines is 1. The number of ether oxygens (including phenoxy) is 1. The van der Waals surface area contributed by atoms with Gasteiger partial charge in [-0.05, 0) is 78.6 Å². The summed E-state index contributed by atoms with van der Waals surface area (Å²) in [5.41, 5.74) is 3.75. The summed E-state index contributed by atoms with van der Waals surface area (Å²) >= 11 is 0. The molecular weight excluding hydrogens is 599 g/mol. The van der Waals surface area contributed by atoms with Crippen molar-refractivity contribution in [2.24, 2.45) is 0 Å². The van der Waals surface area contributed by atoms with Crippen LogP contribution in [-0.2, 0) is 22.6 Å². The van der Waals surface area contributed by atoms with Crippen LogP contribution in [0.5, 0.6) is 0 Å². The molecule has 0 saturated carbocycles. The maximum atomic E-state index is 14.0. The van der Waals surface area contributed by atoms with Crippen LogP contribution in [0.3, 0.4) is 0 Å². The van der Waals surface area contributed by atoms with Crippen LogP contribution in [0.1, 0.15) is 54.7 Å². The van der Waals surface area contributed by atoms with E-state index >= 15 is 0 Å². The molecule has 2 saturated heterocycles. The van der Waals surface area contributed by atoms with Crippen LogP contribution in [0.2, 0.25) is 0 Å². The van der Waals surface area contributed by atoms with E-state index in [1.807, 2.05) is 59.5 Å². The number of nitrogens with one attached hydrogen (secondary N) is 2. The molecule has 7 rings (SSSR count). The quantitative estimate of drug-likeness (QED) is 0.238. The van der Waals surface area contributed by atoms with Crippen LogP contribution in [0.4, 0.5) is 19.7 Å². The first-order valence-corrected chi connectivity index (χ1v) is 16.4. The summed E-state index contributed by atoms with van der Waals surface area (Å²) in [6.07, 6.45) is 5.52. The SMILES string of the molecule is O=CC[C@@]1(N2CCC(c3ccc(F)cc3)CC2)C[C@H](N2CCc3ccccc3NC2=O)CCN1C(=O)OCc1ccc2[nH]ncc2c1. The van der Waals surface area contributed by atoms with E-state index in [1.54, 1.807) is 11.1 Å². The zero-order chi connectivity index (χ0) is 32.4. The number of benzene rings is 3. The van der Waals surface area contributed by atoms with Gasteiger partial charge in [-0.15, -0.1) is 0 Å². The smallest absolute Gasteiger partial charge is 0.411 e. The molecule has 11 heteroatoms. The number of fused-ring (bicyclic) bond motifs is 2. The molecule has 0 spiro atoms. The first kappa shape index (κ1) is 30.9. The summed E-state index contributed by atoms with van der Waals surface area (Å²) in [6.45, 7) is 2.24. The van der Waals surface area contributed by atoms with Gasteiger partial charge in [-0.25, -0.2) is 14.0 Å². The number of para-hydroxylation sites is 1. The maximum Gasteiger partial charge on any atom is 0.411 e. The summed E-state index contributed by atoms with van der Waals surface area (Å²) in [4.78, 5) is 45.9. The minimum atomic E-state index is -0.969. The second kappa shape index (κ2) is 13.2. The summed E-state index contributed by atoms with van der Waals surface area (Å²) in [5, 5.41) is 11.0. The number of H-pyrrole nitrogens is 1. The lowest BCUT2D eigenvalue weighted by atomic mass is 9.82. The van der Waals surface area contributed by atoms with Crippen molar-refractivity contribution in [3.05, 3.63) is 95.4 Å². The number of rotatable bonds is 7. The standard InChI is InChI=1S/C36H39FN6O4/c37-30-8-6-26(7-9-30)27-11-16-41(17-12-27)36(15-20-44)22-31(42-18-13-28-3-1-2-4-32(28)39-34(42)45)14-19-43(36)35(46)47-24-25-5-10-33-29(21-25)23-38-40-33/h1-10,20-21,23,27,31H,11-19,22,24H2,(H,38,40)(H,39,45)/t31-,36+/m1/s1. The number of nitrogens with zero attached hydrogens (tertiary/aromatic N) is 4. The average molecular weight is 639 g/mol. The highest BCUT2D eigenvalue weighted by Gasteiger charge is 2.51. The molecule has 244 valence electrons. The van der Waals surface area contributed by atoms with E-state index < -0.39 is 11.8 Å². The van der Waals surface area contributed by atoms with Gasteiger partial charge >= 0.3 is 12.1 Å². The van der Waals surface area contributed by atoms with Gasteiger partial charge in [-0.1, -0.05) is 36.4 Å². The zero-order valence-electron chi connectivity index (χ0n) is 26.2. The maximum absolute atomic E-state index is 14.0. The van der Waals surface area contributed by atoms with Crippen molar-refractivity contribution in [1.82, 2.24) is 24.9 Å². The summed E-state index contributed by atoms with van der Waals surface area (Å²) in [6, 6.07) is 19.9. The molecule has 3 aromatic carbocycles. The third-order valence-corrected chi connectivity index (χ3v) is 10.3. The lowest BCUT2D eigenvalue weighted by Crippen LogP contribution is -2.69. The Labute approximate surface area is 272 Å². The molecule has 2 atom stereocenters. The topological polar surface area (TPSA) is 111 Å². The number of carbonyl (C=O) groups excluding carboxylic acids is 3. The van der Waals surface area contributed by atoms with E-state index in [1.165, 1.54) is 12.1 Å². The minimum absolute atomic E-state index is 0.0798. The van der Waals surface area contributed by atoms with E-state index in [9.17, 15) is 18.8 Å². The highest BCUT2D eigenvalue weighted by Crippen LogP contribution is 2.41. The Balaban J connectivity index is 1.14. The molecule has 0 bridgehead atoms. The number of halogens is 1. The predicted octanol–water partition coefficient (Wildman–Crippen LogP) is 6.06. The average Bonchev–Trinajstić information content (AvgIpc) is 3.49. The van der Waals surface area contributed by atoms with Gasteiger partial charge in [0, 0.05) is 56.1 Å². The summed E-state index contributed by atoms with van der Waals surface area (Å²) in [5.74, 6) is -0.0171. The Kier molecular flexibility index (Phi) is 8.64. The van der Waals surface area contributed by atoms with Crippen molar-refractivity contribution in [2.45, 2.75) is 62.8 Å². The van der Waals surface area contributed by atoms with E-state index in [2.05, 4.69) is 20.4 Å². The van der Waals surface area contributed by atoms with Crippen LogP contribution >= 0.6 is 0 Å². The number of urea groups is 1. The van der Waals surface area contributed by atoms with Crippen molar-refractivity contribution in [1.29, 1.82) is 0 Å². The summed E-state index contributed by atoms with van der Waals surface area (Å²) in [7, 11) is 0. The molecule has 3 amide bonds. The molecule has 0 unspecified atom stereocenters. The number of hydrogen-bond acceptors (Lipinski definition) is 6. The fraction of sp³-hybridized carbons (Fsp3) is 0.389. The number of aromatic amines is 1. The van der Waals surface area contributed by atoms with Gasteiger partial charge in [-0.3, -0.25) is 14.9 Å². The molecule has 0 radical (unpaired) electrons. The van der Waals surface area contributed by atoms with Crippen molar-refractivity contribution < 1.29 is 23.5 Å². The Morgan fingerprint density at radius 1 is 1.02 bits per heavy atom. The molecule has 4 heterocycles. The summed E-state index contributed by atoms with van der Waals surface area (Å²) < 4.78 is 19.6. The monoisotopic (exact) mass is 638 g/mol. The van der Waals surface area contributed by atoms with Crippen LogP contribution in [-0.4, -0.2) is 81.2 Å². The number of carbonyl (C=O) groups is 3. The van der Waals surface area contributed by atoms with Crippen molar-refractivity contribution >= 4 is 35.0 Å². The Morgan fingerprint density at radius 2 is 1.83 bits per heavy atom. The Bertz CT molecular complexity index is 1750. The lowest BCUT2D eigenvalue weighted by Gasteiger charge is -2.56. The van der Waals surface area contributed by atoms with E-state index in [-0.39, 0.29) is 36.8 Å². The van der Waals surface area contributed by atoms with E-state index in [4.69, 9.17) is 4.74 Å². The second-order valence-corrected chi connectivity index (χ2v) is 12.8. The number of amides is 3. The van der Waals surface area contributed by atoms with Crippen LogP contribution < -0.4 is 5.32 Å². The van der Waals surface area contributed by atoms with Gasteiger partial charge in [0.2, 0.25) is 0 Å². The zero-order valence-corrected chi connectivity index (χ0v) is 26.2. The highest BCUT2D eigenvalue weighted by molar-refractivity contribution is 5.91. The molecule has 2 N–H and O–H groups in total. The molecule has 10 nitrogen and oxygen atoms in total. The molecule has 3 aliphatic heterocycles. The van der Waals surface area contributed by atoms with Crippen LogP contribution in [0.25, 0.3) is 10.9 Å². The molecule has 0 aliphatic carbocycles. The van der Waals surface area contributed by atoms with E-state index in [0.717, 1.165) is 52.4 Å². The van der Waals surface area contributed by atoms with Gasteiger partial charge in [0.25, 0.3) is 0 Å². The molecule has 4 aromatic rings. The highest BCUT2D eigenvalue weighted by atomic mass is 19.1. The normalized spacial score (nSPS) is 22.4. The predicted molar refractivity (Wildman–Crippen MR) is 175 cm³/mol. The lowest BCUT2D eigenvalue weighted by molar-refractivity contribution is -0.126. The molecule has 1 aromatic heterocycles. The third-order valence-electron chi connectivity index (χ3n) is 10.3. The van der Waals surface area contributed by atoms with Gasteiger partial charge in [0.1, 0.15) is 24.4 Å². The Morgan fingerprint density at radius 3 is 2.64 bits per heavy atom. The molecule has 3 aliphatic rings. The number of piperidine rings is 2. The van der Waals surface area contributed by atoms with Crippen molar-refractivity contribution in [2.75, 3.05) is 31.5 Å². The fourth-order valence-electron chi connectivity index (χ4n) is 7.77. The number of aromatic nitrogens is 2. The largest absolute Gasteiger partial charge is 0.445 e. The third kappa shape index (κ3) is 6.19. The number of likely N-dealkylation sites (tertiary alicyclic amines) is 2. The Hall–Kier alpha value is -4.77. The van der Waals surface area contributed by atoms with Crippen LogP contribution in [0, 0.1) is 5.82 Å². The molecular formula is C36H39FN6O4. The number of hydrogen-bond donors (Lipinski definition) is 2. The van der Waals surface area contributed by atoms with Gasteiger partial charge in [-0.2, -0.15) is 5.10 Å². The van der Waals surface area contributed by atoms with Gasteiger partial charge in [0.15, 0.2) is 0 Å². The van der Waals surface area contributed by atoms with Gasteiger partial charge in [0.05, 0.1) is 11.7 Å². The first-order chi connectivity index (χ1) is 22.9. The molecule has 2 fully saturated rings. The molecule has 47 heavy (non-hydrogen) atoms. The fourth-order valence-corrected chi connectivity index (χ4v) is 7.77. The minimum Gasteiger partial charge on any atom is -0.445 e. The number of aldehydes is 1. The first-order valence-electron chi connectivity index (χ1n) is 16.4. The van der Waals surface area contributed by atoms with Crippen LogP contribution in [0.15, 0.2) is 72.9 Å². The van der Waals surface area contributed by atoms with Crippen molar-refractivity contribution in [3.63, 3.8) is 0 Å². The second-order valence-electron chi connectivity index (χ2n) is 12.8. The van der Waals surface area contributed by atoms with Crippen molar-refractivity contribution in [3.8, 4) is 0 Å². The van der Waals surface area contributed by atoms with Gasteiger partial charge < -0.3 is 19.7 Å².